The quantitative estimate of drug-likeness (QED) is 0.903. The molecule has 0 bridgehead atoms. The summed E-state index contributed by atoms with van der Waals surface area (Å²) in [6.45, 7) is 1.96. The first-order chi connectivity index (χ1) is 9.89. The molecule has 0 radical (unpaired) electrons. The van der Waals surface area contributed by atoms with Gasteiger partial charge in [-0.1, -0.05) is 19.1 Å². The second kappa shape index (κ2) is 6.22. The maximum absolute atomic E-state index is 12.4. The Hall–Kier alpha value is -1.95. The van der Waals surface area contributed by atoms with Crippen LogP contribution in [0, 0.1) is 0 Å². The zero-order chi connectivity index (χ0) is 15.5. The molecule has 0 amide bonds. The van der Waals surface area contributed by atoms with E-state index in [2.05, 4.69) is 4.74 Å². The minimum atomic E-state index is -4.74. The Morgan fingerprint density at radius 1 is 1.19 bits per heavy atom. The summed E-state index contributed by atoms with van der Waals surface area (Å²) in [5.74, 6) is 0.681. The maximum Gasteiger partial charge on any atom is 0.573 e. The van der Waals surface area contributed by atoms with Crippen LogP contribution in [0.4, 0.5) is 13.2 Å². The minimum Gasteiger partial charge on any atom is -0.461 e. The van der Waals surface area contributed by atoms with Gasteiger partial charge in [0.05, 0.1) is 5.56 Å². The zero-order valence-electron chi connectivity index (χ0n) is 11.5. The van der Waals surface area contributed by atoms with Crippen molar-refractivity contribution >= 4 is 0 Å². The molecule has 1 aromatic carbocycles. The van der Waals surface area contributed by atoms with Crippen LogP contribution in [-0.4, -0.2) is 12.4 Å². The molecule has 21 heavy (non-hydrogen) atoms. The van der Waals surface area contributed by atoms with Crippen LogP contribution in [0.15, 0.2) is 40.8 Å². The van der Waals surface area contributed by atoms with E-state index in [4.69, 9.17) is 10.2 Å². The highest BCUT2D eigenvalue weighted by atomic mass is 19.4. The number of rotatable bonds is 5. The standard InChI is InChI=1S/C15H16F3NO2/c1-2-10(19)9-11-7-8-13(20-11)12-5-3-4-6-14(12)21-15(16,17)18/h3-8,10H,2,9,19H2,1H3. The molecule has 0 aliphatic carbocycles. The lowest BCUT2D eigenvalue weighted by Crippen LogP contribution is -2.20. The summed E-state index contributed by atoms with van der Waals surface area (Å²) in [6.07, 6.45) is -3.40. The molecule has 2 aromatic rings. The van der Waals surface area contributed by atoms with Crippen LogP contribution in [0.25, 0.3) is 11.3 Å². The van der Waals surface area contributed by atoms with Crippen molar-refractivity contribution in [3.8, 4) is 17.1 Å². The van der Waals surface area contributed by atoms with E-state index in [1.54, 1.807) is 18.2 Å². The van der Waals surface area contributed by atoms with Gasteiger partial charge in [-0.25, -0.2) is 0 Å². The molecule has 114 valence electrons. The first-order valence-corrected chi connectivity index (χ1v) is 6.58. The van der Waals surface area contributed by atoms with Gasteiger partial charge in [0.25, 0.3) is 0 Å². The van der Waals surface area contributed by atoms with E-state index < -0.39 is 6.36 Å². The van der Waals surface area contributed by atoms with Crippen molar-refractivity contribution in [2.24, 2.45) is 5.73 Å². The first kappa shape index (κ1) is 15.4. The van der Waals surface area contributed by atoms with Gasteiger partial charge in [-0.3, -0.25) is 0 Å². The SMILES string of the molecule is CCC(N)Cc1ccc(-c2ccccc2OC(F)(F)F)o1. The largest absolute Gasteiger partial charge is 0.573 e. The second-order valence-corrected chi connectivity index (χ2v) is 4.68. The van der Waals surface area contributed by atoms with Crippen LogP contribution in [-0.2, 0) is 6.42 Å². The minimum absolute atomic E-state index is 0.0364. The van der Waals surface area contributed by atoms with E-state index in [0.717, 1.165) is 6.42 Å². The highest BCUT2D eigenvalue weighted by Crippen LogP contribution is 2.34. The number of halogens is 3. The Bertz CT molecular complexity index is 593. The summed E-state index contributed by atoms with van der Waals surface area (Å²) in [5.41, 5.74) is 6.09. The molecule has 1 unspecified atom stereocenters. The lowest BCUT2D eigenvalue weighted by Gasteiger charge is -2.11. The zero-order valence-corrected chi connectivity index (χ0v) is 11.5. The first-order valence-electron chi connectivity index (χ1n) is 6.58. The van der Waals surface area contributed by atoms with Crippen LogP contribution in [0.2, 0.25) is 0 Å². The van der Waals surface area contributed by atoms with Crippen molar-refractivity contribution < 1.29 is 22.3 Å². The Labute approximate surface area is 120 Å². The lowest BCUT2D eigenvalue weighted by molar-refractivity contribution is -0.274. The van der Waals surface area contributed by atoms with E-state index in [9.17, 15) is 13.2 Å². The number of hydrogen-bond donors (Lipinski definition) is 1. The van der Waals surface area contributed by atoms with Crippen molar-refractivity contribution in [2.45, 2.75) is 32.2 Å². The third kappa shape index (κ3) is 4.26. The van der Waals surface area contributed by atoms with Gasteiger partial charge >= 0.3 is 6.36 Å². The van der Waals surface area contributed by atoms with Gasteiger partial charge in [0.1, 0.15) is 17.3 Å². The van der Waals surface area contributed by atoms with Crippen LogP contribution in [0.3, 0.4) is 0 Å². The summed E-state index contributed by atoms with van der Waals surface area (Å²) >= 11 is 0. The van der Waals surface area contributed by atoms with Gasteiger partial charge in [0.15, 0.2) is 0 Å². The number of ether oxygens (including phenoxy) is 1. The summed E-state index contributed by atoms with van der Waals surface area (Å²) in [7, 11) is 0. The molecular formula is C15H16F3NO2. The number of nitrogens with two attached hydrogens (primary N) is 1. The second-order valence-electron chi connectivity index (χ2n) is 4.68. The average molecular weight is 299 g/mol. The molecule has 1 aromatic heterocycles. The molecule has 6 heteroatoms. The fourth-order valence-electron chi connectivity index (χ4n) is 1.92. The van der Waals surface area contributed by atoms with E-state index in [0.29, 0.717) is 17.9 Å². The summed E-state index contributed by atoms with van der Waals surface area (Å²) in [4.78, 5) is 0. The Morgan fingerprint density at radius 2 is 1.90 bits per heavy atom. The summed E-state index contributed by atoms with van der Waals surface area (Å²) in [6, 6.07) is 9.17. The molecule has 2 N–H and O–H groups in total. The van der Waals surface area contributed by atoms with Gasteiger partial charge in [-0.15, -0.1) is 13.2 Å². The van der Waals surface area contributed by atoms with Crippen molar-refractivity contribution in [1.29, 1.82) is 0 Å². The van der Waals surface area contributed by atoms with E-state index >= 15 is 0 Å². The van der Waals surface area contributed by atoms with Crippen LogP contribution in [0.1, 0.15) is 19.1 Å². The van der Waals surface area contributed by atoms with E-state index in [1.807, 2.05) is 6.92 Å². The van der Waals surface area contributed by atoms with Gasteiger partial charge in [-0.2, -0.15) is 0 Å². The molecule has 0 spiro atoms. The maximum atomic E-state index is 12.4. The van der Waals surface area contributed by atoms with Gasteiger partial charge in [0, 0.05) is 12.5 Å². The topological polar surface area (TPSA) is 48.4 Å². The molecule has 0 saturated carbocycles. The lowest BCUT2D eigenvalue weighted by atomic mass is 10.1. The molecule has 1 heterocycles. The van der Waals surface area contributed by atoms with Gasteiger partial charge in [0.2, 0.25) is 0 Å². The van der Waals surface area contributed by atoms with Gasteiger partial charge in [-0.05, 0) is 30.7 Å². The average Bonchev–Trinajstić information content (AvgIpc) is 2.85. The van der Waals surface area contributed by atoms with Crippen LogP contribution < -0.4 is 10.5 Å². The van der Waals surface area contributed by atoms with Crippen LogP contribution in [0.5, 0.6) is 5.75 Å². The third-order valence-electron chi connectivity index (χ3n) is 3.03. The van der Waals surface area contributed by atoms with Crippen molar-refractivity contribution in [2.75, 3.05) is 0 Å². The predicted octanol–water partition coefficient (Wildman–Crippen LogP) is 4.13. The van der Waals surface area contributed by atoms with Crippen molar-refractivity contribution in [3.63, 3.8) is 0 Å². The van der Waals surface area contributed by atoms with Gasteiger partial charge < -0.3 is 14.9 Å². The molecule has 0 saturated heterocycles. The summed E-state index contributed by atoms with van der Waals surface area (Å²) < 4.78 is 46.8. The molecule has 0 aliphatic heterocycles. The third-order valence-corrected chi connectivity index (χ3v) is 3.03. The van der Waals surface area contributed by atoms with Crippen molar-refractivity contribution in [1.82, 2.24) is 0 Å². The fraction of sp³-hybridized carbons (Fsp3) is 0.333. The highest BCUT2D eigenvalue weighted by molar-refractivity contribution is 5.65. The smallest absolute Gasteiger partial charge is 0.461 e. The number of alkyl halides is 3. The van der Waals surface area contributed by atoms with Crippen molar-refractivity contribution in [3.05, 3.63) is 42.2 Å². The predicted molar refractivity (Wildman–Crippen MR) is 72.8 cm³/mol. The number of hydrogen-bond acceptors (Lipinski definition) is 3. The molecule has 0 fully saturated rings. The summed E-state index contributed by atoms with van der Waals surface area (Å²) in [5, 5.41) is 0. The number of para-hydroxylation sites is 1. The number of benzene rings is 1. The molecule has 3 nitrogen and oxygen atoms in total. The molecule has 2 rings (SSSR count). The Balaban J connectivity index is 2.26. The monoisotopic (exact) mass is 299 g/mol. The number of furan rings is 1. The molecule has 0 aliphatic rings. The molecule has 1 atom stereocenters. The van der Waals surface area contributed by atoms with E-state index in [-0.39, 0.29) is 17.4 Å². The van der Waals surface area contributed by atoms with Crippen LogP contribution >= 0.6 is 0 Å². The van der Waals surface area contributed by atoms with E-state index in [1.165, 1.54) is 18.2 Å². The normalized spacial score (nSPS) is 13.2. The fourth-order valence-corrected chi connectivity index (χ4v) is 1.92. The Morgan fingerprint density at radius 3 is 2.57 bits per heavy atom. The Kier molecular flexibility index (Phi) is 4.57. The molecular weight excluding hydrogens is 283 g/mol. The highest BCUT2D eigenvalue weighted by Gasteiger charge is 2.32.